The van der Waals surface area contributed by atoms with Crippen molar-refractivity contribution in [2.24, 2.45) is 7.05 Å². The second-order valence-electron chi connectivity index (χ2n) is 7.27. The largest absolute Gasteiger partial charge is 0.488 e. The van der Waals surface area contributed by atoms with Crippen molar-refractivity contribution >= 4 is 11.7 Å². The minimum Gasteiger partial charge on any atom is -0.488 e. The first kappa shape index (κ1) is 20.9. The predicted octanol–water partition coefficient (Wildman–Crippen LogP) is 2.58. The standard InChI is InChI=1S/C22H28N4O3/c1-16(15-28-3)29-20-13-17(6-5-10-23-19-7-4-8-19)12-18(14-20)22(27)24-21-9-11-26(2)25-21/h9,11-14,16,19,23H,4,7-8,10,15H2,1-3H3,(H,24,25,27)/t16-/m0/s1. The van der Waals surface area contributed by atoms with Gasteiger partial charge in [0.05, 0.1) is 13.2 Å². The molecule has 154 valence electrons. The summed E-state index contributed by atoms with van der Waals surface area (Å²) in [6.45, 7) is 3.00. The van der Waals surface area contributed by atoms with Crippen LogP contribution in [0.25, 0.3) is 0 Å². The number of anilines is 1. The lowest BCUT2D eigenvalue weighted by atomic mass is 9.93. The Morgan fingerprint density at radius 2 is 2.21 bits per heavy atom. The lowest BCUT2D eigenvalue weighted by Crippen LogP contribution is -2.35. The summed E-state index contributed by atoms with van der Waals surface area (Å²) >= 11 is 0. The molecule has 1 amide bonds. The molecular weight excluding hydrogens is 368 g/mol. The molecule has 1 aromatic carbocycles. The van der Waals surface area contributed by atoms with E-state index in [4.69, 9.17) is 9.47 Å². The fourth-order valence-corrected chi connectivity index (χ4v) is 3.00. The molecule has 0 spiro atoms. The third-order valence-corrected chi connectivity index (χ3v) is 4.68. The minimum absolute atomic E-state index is 0.143. The number of aryl methyl sites for hydroxylation is 1. The molecule has 29 heavy (non-hydrogen) atoms. The molecule has 7 nitrogen and oxygen atoms in total. The van der Waals surface area contributed by atoms with E-state index in [1.165, 1.54) is 19.3 Å². The Labute approximate surface area is 171 Å². The van der Waals surface area contributed by atoms with E-state index in [1.54, 1.807) is 43.2 Å². The fraction of sp³-hybridized carbons (Fsp3) is 0.455. The van der Waals surface area contributed by atoms with Crippen LogP contribution in [-0.4, -0.2) is 48.1 Å². The molecule has 1 fully saturated rings. The van der Waals surface area contributed by atoms with Gasteiger partial charge >= 0.3 is 0 Å². The summed E-state index contributed by atoms with van der Waals surface area (Å²) in [4.78, 5) is 12.7. The van der Waals surface area contributed by atoms with E-state index in [-0.39, 0.29) is 12.0 Å². The van der Waals surface area contributed by atoms with Gasteiger partial charge < -0.3 is 20.1 Å². The van der Waals surface area contributed by atoms with Crippen LogP contribution in [-0.2, 0) is 11.8 Å². The summed E-state index contributed by atoms with van der Waals surface area (Å²) in [5, 5.41) is 10.4. The van der Waals surface area contributed by atoms with Crippen molar-refractivity contribution in [3.8, 4) is 17.6 Å². The maximum absolute atomic E-state index is 12.7. The topological polar surface area (TPSA) is 77.4 Å². The molecule has 1 atom stereocenters. The zero-order chi connectivity index (χ0) is 20.6. The van der Waals surface area contributed by atoms with E-state index in [9.17, 15) is 4.79 Å². The number of benzene rings is 1. The number of carbonyl (C=O) groups excluding carboxylic acids is 1. The summed E-state index contributed by atoms with van der Waals surface area (Å²) in [5.41, 5.74) is 1.20. The first-order chi connectivity index (χ1) is 14.0. The van der Waals surface area contributed by atoms with Crippen molar-refractivity contribution in [2.75, 3.05) is 25.6 Å². The van der Waals surface area contributed by atoms with E-state index in [2.05, 4.69) is 27.6 Å². The number of carbonyl (C=O) groups is 1. The van der Waals surface area contributed by atoms with E-state index >= 15 is 0 Å². The van der Waals surface area contributed by atoms with Crippen LogP contribution in [0, 0.1) is 11.8 Å². The Balaban J connectivity index is 1.75. The number of nitrogens with one attached hydrogen (secondary N) is 2. The Morgan fingerprint density at radius 3 is 2.86 bits per heavy atom. The maximum atomic E-state index is 12.7. The lowest BCUT2D eigenvalue weighted by molar-refractivity contribution is 0.0917. The highest BCUT2D eigenvalue weighted by atomic mass is 16.5. The van der Waals surface area contributed by atoms with Crippen LogP contribution in [0.4, 0.5) is 5.82 Å². The summed E-state index contributed by atoms with van der Waals surface area (Å²) in [7, 11) is 3.43. The van der Waals surface area contributed by atoms with Gasteiger partial charge in [0.1, 0.15) is 11.9 Å². The molecule has 1 aliphatic rings. The van der Waals surface area contributed by atoms with Crippen molar-refractivity contribution in [3.63, 3.8) is 0 Å². The van der Waals surface area contributed by atoms with Crippen LogP contribution in [0.2, 0.25) is 0 Å². The molecule has 0 saturated heterocycles. The van der Waals surface area contributed by atoms with Crippen LogP contribution < -0.4 is 15.4 Å². The van der Waals surface area contributed by atoms with Crippen LogP contribution in [0.3, 0.4) is 0 Å². The maximum Gasteiger partial charge on any atom is 0.257 e. The third kappa shape index (κ3) is 6.34. The van der Waals surface area contributed by atoms with Gasteiger partial charge in [0.25, 0.3) is 5.91 Å². The van der Waals surface area contributed by atoms with Crippen molar-refractivity contribution < 1.29 is 14.3 Å². The molecule has 1 aliphatic carbocycles. The number of nitrogens with zero attached hydrogens (tertiary/aromatic N) is 2. The first-order valence-electron chi connectivity index (χ1n) is 9.87. The van der Waals surface area contributed by atoms with Gasteiger partial charge in [-0.05, 0) is 38.0 Å². The highest BCUT2D eigenvalue weighted by Gasteiger charge is 2.15. The number of hydrogen-bond donors (Lipinski definition) is 2. The molecule has 0 bridgehead atoms. The number of hydrogen-bond acceptors (Lipinski definition) is 5. The molecular formula is C22H28N4O3. The monoisotopic (exact) mass is 396 g/mol. The highest BCUT2D eigenvalue weighted by molar-refractivity contribution is 6.04. The van der Waals surface area contributed by atoms with Gasteiger partial charge in [0.15, 0.2) is 5.82 Å². The minimum atomic E-state index is -0.260. The number of aromatic nitrogens is 2. The molecule has 3 rings (SSSR count). The number of amides is 1. The second kappa shape index (κ2) is 10.1. The Hall–Kier alpha value is -2.82. The predicted molar refractivity (Wildman–Crippen MR) is 112 cm³/mol. The molecule has 1 saturated carbocycles. The molecule has 0 aliphatic heterocycles. The van der Waals surface area contributed by atoms with Crippen molar-refractivity contribution in [2.45, 2.75) is 38.3 Å². The quantitative estimate of drug-likeness (QED) is 0.671. The van der Waals surface area contributed by atoms with Gasteiger partial charge in [0.2, 0.25) is 0 Å². The SMILES string of the molecule is COC[C@H](C)Oc1cc(C#CCNC2CCC2)cc(C(=O)Nc2ccn(C)n2)c1. The van der Waals surface area contributed by atoms with Gasteiger partial charge in [-0.25, -0.2) is 0 Å². The number of methoxy groups -OCH3 is 1. The second-order valence-corrected chi connectivity index (χ2v) is 7.27. The van der Waals surface area contributed by atoms with E-state index < -0.39 is 0 Å². The van der Waals surface area contributed by atoms with Crippen molar-refractivity contribution in [1.82, 2.24) is 15.1 Å². The normalized spacial score (nSPS) is 14.4. The first-order valence-corrected chi connectivity index (χ1v) is 9.87. The number of rotatable bonds is 8. The third-order valence-electron chi connectivity index (χ3n) is 4.68. The van der Waals surface area contributed by atoms with Crippen LogP contribution in [0.5, 0.6) is 5.75 Å². The smallest absolute Gasteiger partial charge is 0.257 e. The Bertz CT molecular complexity index is 893. The molecule has 1 heterocycles. The average molecular weight is 396 g/mol. The van der Waals surface area contributed by atoms with Crippen molar-refractivity contribution in [3.05, 3.63) is 41.6 Å². The molecule has 2 aromatic rings. The van der Waals surface area contributed by atoms with E-state index in [0.29, 0.717) is 36.3 Å². The fourth-order valence-electron chi connectivity index (χ4n) is 3.00. The molecule has 0 radical (unpaired) electrons. The van der Waals surface area contributed by atoms with Crippen LogP contribution >= 0.6 is 0 Å². The molecule has 1 aromatic heterocycles. The van der Waals surface area contributed by atoms with Crippen LogP contribution in [0.15, 0.2) is 30.5 Å². The Kier molecular flexibility index (Phi) is 7.28. The van der Waals surface area contributed by atoms with Gasteiger partial charge in [-0.2, -0.15) is 5.10 Å². The molecule has 0 unspecified atom stereocenters. The van der Waals surface area contributed by atoms with Gasteiger partial charge in [-0.15, -0.1) is 0 Å². The molecule has 2 N–H and O–H groups in total. The summed E-state index contributed by atoms with van der Waals surface area (Å²) < 4.78 is 12.7. The zero-order valence-corrected chi connectivity index (χ0v) is 17.2. The highest BCUT2D eigenvalue weighted by Crippen LogP contribution is 2.20. The number of ether oxygens (including phenoxy) is 2. The van der Waals surface area contributed by atoms with Crippen LogP contribution in [0.1, 0.15) is 42.1 Å². The van der Waals surface area contributed by atoms with Gasteiger partial charge in [0, 0.05) is 43.6 Å². The van der Waals surface area contributed by atoms with E-state index in [0.717, 1.165) is 5.56 Å². The summed E-state index contributed by atoms with van der Waals surface area (Å²) in [6, 6.07) is 7.66. The summed E-state index contributed by atoms with van der Waals surface area (Å²) in [6.07, 6.45) is 5.36. The van der Waals surface area contributed by atoms with Gasteiger partial charge in [-0.3, -0.25) is 9.48 Å². The zero-order valence-electron chi connectivity index (χ0n) is 17.2. The van der Waals surface area contributed by atoms with Gasteiger partial charge in [-0.1, -0.05) is 18.3 Å². The summed E-state index contributed by atoms with van der Waals surface area (Å²) in [5.74, 6) is 7.09. The Morgan fingerprint density at radius 1 is 1.38 bits per heavy atom. The average Bonchev–Trinajstić information content (AvgIpc) is 3.04. The molecule has 7 heteroatoms. The van der Waals surface area contributed by atoms with E-state index in [1.807, 2.05) is 13.0 Å². The van der Waals surface area contributed by atoms with Crippen molar-refractivity contribution in [1.29, 1.82) is 0 Å². The lowest BCUT2D eigenvalue weighted by Gasteiger charge is -2.25.